The molecule has 0 aromatic rings. The average molecular weight is 129 g/mol. The maximum atomic E-state index is 8.76. The van der Waals surface area contributed by atoms with E-state index in [4.69, 9.17) is 5.11 Å². The van der Waals surface area contributed by atoms with E-state index in [-0.39, 0.29) is 0 Å². The van der Waals surface area contributed by atoms with Gasteiger partial charge in [0.05, 0.1) is 0 Å². The van der Waals surface area contributed by atoms with Crippen LogP contribution in [0.4, 0.5) is 0 Å². The molecule has 2 atom stereocenters. The van der Waals surface area contributed by atoms with Gasteiger partial charge in [-0.05, 0) is 25.9 Å². The zero-order chi connectivity index (χ0) is 6.85. The van der Waals surface area contributed by atoms with Crippen molar-refractivity contribution in [1.29, 1.82) is 0 Å². The van der Waals surface area contributed by atoms with E-state index in [0.717, 1.165) is 0 Å². The number of likely N-dealkylation sites (tertiary alicyclic amines) is 1. The highest BCUT2D eigenvalue weighted by Gasteiger charge is 2.28. The molecule has 1 aliphatic heterocycles. The molecule has 2 unspecified atom stereocenters. The van der Waals surface area contributed by atoms with Crippen molar-refractivity contribution in [2.75, 3.05) is 20.2 Å². The molecule has 0 amide bonds. The highest BCUT2D eigenvalue weighted by Crippen LogP contribution is 2.21. The molecule has 0 spiro atoms. The molecule has 0 radical (unpaired) electrons. The zero-order valence-electron chi connectivity index (χ0n) is 6.17. The van der Waals surface area contributed by atoms with E-state index in [1.54, 1.807) is 0 Å². The van der Waals surface area contributed by atoms with Crippen LogP contribution in [0.25, 0.3) is 0 Å². The van der Waals surface area contributed by atoms with E-state index in [2.05, 4.69) is 18.9 Å². The maximum absolute atomic E-state index is 8.76. The minimum Gasteiger partial charge on any atom is -0.396 e. The summed E-state index contributed by atoms with van der Waals surface area (Å²) >= 11 is 0. The Hall–Kier alpha value is -0.0800. The number of nitrogens with zero attached hydrogens (tertiary/aromatic N) is 1. The van der Waals surface area contributed by atoms with Gasteiger partial charge >= 0.3 is 0 Å². The molecule has 1 rings (SSSR count). The van der Waals surface area contributed by atoms with Gasteiger partial charge in [0.25, 0.3) is 0 Å². The first-order chi connectivity index (χ1) is 4.25. The predicted molar refractivity (Wildman–Crippen MR) is 37.3 cm³/mol. The molecule has 0 saturated carbocycles. The van der Waals surface area contributed by atoms with Crippen LogP contribution < -0.4 is 0 Å². The highest BCUT2D eigenvalue weighted by molar-refractivity contribution is 4.83. The van der Waals surface area contributed by atoms with Crippen molar-refractivity contribution in [3.8, 4) is 0 Å². The fourth-order valence-corrected chi connectivity index (χ4v) is 1.38. The van der Waals surface area contributed by atoms with Crippen molar-refractivity contribution < 1.29 is 5.11 Å². The minimum atomic E-state index is 0.328. The molecule has 9 heavy (non-hydrogen) atoms. The second-order valence-electron chi connectivity index (χ2n) is 3.00. The van der Waals surface area contributed by atoms with E-state index in [0.29, 0.717) is 18.6 Å². The maximum Gasteiger partial charge on any atom is 0.0471 e. The molecule has 1 N–H and O–H groups in total. The summed E-state index contributed by atoms with van der Waals surface area (Å²) in [6.07, 6.45) is 1.26. The SMILES string of the molecule is CC(CO)C1CCN1C. The molecule has 0 aliphatic carbocycles. The van der Waals surface area contributed by atoms with Crippen LogP contribution in [-0.2, 0) is 0 Å². The summed E-state index contributed by atoms with van der Waals surface area (Å²) in [5, 5.41) is 8.76. The van der Waals surface area contributed by atoms with Gasteiger partial charge < -0.3 is 10.0 Å². The lowest BCUT2D eigenvalue weighted by atomic mass is 9.92. The third-order valence-electron chi connectivity index (χ3n) is 2.29. The molecular weight excluding hydrogens is 114 g/mol. The Balaban J connectivity index is 2.25. The van der Waals surface area contributed by atoms with E-state index >= 15 is 0 Å². The van der Waals surface area contributed by atoms with Gasteiger partial charge in [0.2, 0.25) is 0 Å². The van der Waals surface area contributed by atoms with Crippen molar-refractivity contribution >= 4 is 0 Å². The summed E-state index contributed by atoms with van der Waals surface area (Å²) in [5.41, 5.74) is 0. The van der Waals surface area contributed by atoms with Crippen molar-refractivity contribution in [1.82, 2.24) is 4.90 Å². The monoisotopic (exact) mass is 129 g/mol. The first kappa shape index (κ1) is 7.03. The molecule has 54 valence electrons. The van der Waals surface area contributed by atoms with E-state index in [9.17, 15) is 0 Å². The molecule has 0 aromatic carbocycles. The molecule has 1 fully saturated rings. The van der Waals surface area contributed by atoms with Gasteiger partial charge in [0.15, 0.2) is 0 Å². The zero-order valence-corrected chi connectivity index (χ0v) is 6.17. The number of hydrogen-bond donors (Lipinski definition) is 1. The minimum absolute atomic E-state index is 0.328. The number of aliphatic hydroxyl groups excluding tert-OH is 1. The van der Waals surface area contributed by atoms with Crippen molar-refractivity contribution in [2.45, 2.75) is 19.4 Å². The third kappa shape index (κ3) is 1.25. The largest absolute Gasteiger partial charge is 0.396 e. The van der Waals surface area contributed by atoms with Gasteiger partial charge in [-0.1, -0.05) is 6.92 Å². The summed E-state index contributed by atoms with van der Waals surface area (Å²) in [4.78, 5) is 2.29. The van der Waals surface area contributed by atoms with E-state index in [1.165, 1.54) is 13.0 Å². The molecule has 1 heterocycles. The average Bonchev–Trinajstić information content (AvgIpc) is 1.84. The lowest BCUT2D eigenvalue weighted by Crippen LogP contribution is -2.49. The van der Waals surface area contributed by atoms with Crippen LogP contribution in [0.1, 0.15) is 13.3 Å². The second kappa shape index (κ2) is 2.67. The first-order valence-corrected chi connectivity index (χ1v) is 3.57. The number of rotatable bonds is 2. The standard InChI is InChI=1S/C7H15NO/c1-6(5-9)7-3-4-8(7)2/h6-7,9H,3-5H2,1-2H3. The Morgan fingerprint density at radius 3 is 2.56 bits per heavy atom. The fraction of sp³-hybridized carbons (Fsp3) is 1.00. The first-order valence-electron chi connectivity index (χ1n) is 3.57. The summed E-state index contributed by atoms with van der Waals surface area (Å²) in [6, 6.07) is 0.648. The normalized spacial score (nSPS) is 31.7. The van der Waals surface area contributed by atoms with Crippen molar-refractivity contribution in [3.63, 3.8) is 0 Å². The summed E-state index contributed by atoms with van der Waals surface area (Å²) in [6.45, 7) is 3.63. The smallest absolute Gasteiger partial charge is 0.0471 e. The molecule has 0 aromatic heterocycles. The molecule has 2 heteroatoms. The Morgan fingerprint density at radius 1 is 1.78 bits per heavy atom. The number of aliphatic hydroxyl groups is 1. The Morgan fingerprint density at radius 2 is 2.44 bits per heavy atom. The van der Waals surface area contributed by atoms with Crippen LogP contribution in [0.2, 0.25) is 0 Å². The molecule has 1 saturated heterocycles. The van der Waals surface area contributed by atoms with Crippen LogP contribution >= 0.6 is 0 Å². The lowest BCUT2D eigenvalue weighted by molar-refractivity contribution is 0.0514. The van der Waals surface area contributed by atoms with Crippen LogP contribution in [0.3, 0.4) is 0 Å². The van der Waals surface area contributed by atoms with Gasteiger partial charge in [-0.15, -0.1) is 0 Å². The second-order valence-corrected chi connectivity index (χ2v) is 3.00. The predicted octanol–water partition coefficient (Wildman–Crippen LogP) is 0.319. The van der Waals surface area contributed by atoms with Gasteiger partial charge in [0, 0.05) is 12.6 Å². The molecule has 1 aliphatic rings. The molecular formula is C7H15NO. The Labute approximate surface area is 56.5 Å². The van der Waals surface area contributed by atoms with Gasteiger partial charge in [0.1, 0.15) is 0 Å². The summed E-state index contributed by atoms with van der Waals surface area (Å²) in [5.74, 6) is 0.462. The Bertz CT molecular complexity index is 94.9. The van der Waals surface area contributed by atoms with E-state index in [1.807, 2.05) is 0 Å². The molecule has 2 nitrogen and oxygen atoms in total. The van der Waals surface area contributed by atoms with Crippen molar-refractivity contribution in [2.24, 2.45) is 5.92 Å². The van der Waals surface area contributed by atoms with Gasteiger partial charge in [-0.2, -0.15) is 0 Å². The number of hydrogen-bond acceptors (Lipinski definition) is 2. The van der Waals surface area contributed by atoms with Crippen LogP contribution in [0, 0.1) is 5.92 Å². The third-order valence-corrected chi connectivity index (χ3v) is 2.29. The summed E-state index contributed by atoms with van der Waals surface area (Å²) < 4.78 is 0. The topological polar surface area (TPSA) is 23.5 Å². The molecule has 0 bridgehead atoms. The quantitative estimate of drug-likeness (QED) is 0.580. The lowest BCUT2D eigenvalue weighted by Gasteiger charge is -2.41. The Kier molecular flexibility index (Phi) is 2.09. The summed E-state index contributed by atoms with van der Waals surface area (Å²) in [7, 11) is 2.11. The van der Waals surface area contributed by atoms with Crippen LogP contribution in [-0.4, -0.2) is 36.2 Å². The van der Waals surface area contributed by atoms with Crippen LogP contribution in [0.15, 0.2) is 0 Å². The van der Waals surface area contributed by atoms with Gasteiger partial charge in [-0.25, -0.2) is 0 Å². The fourth-order valence-electron chi connectivity index (χ4n) is 1.38. The van der Waals surface area contributed by atoms with Gasteiger partial charge in [-0.3, -0.25) is 0 Å². The van der Waals surface area contributed by atoms with Crippen LogP contribution in [0.5, 0.6) is 0 Å². The van der Waals surface area contributed by atoms with E-state index < -0.39 is 0 Å². The highest BCUT2D eigenvalue weighted by atomic mass is 16.3. The van der Waals surface area contributed by atoms with Crippen molar-refractivity contribution in [3.05, 3.63) is 0 Å².